The summed E-state index contributed by atoms with van der Waals surface area (Å²) in [5.74, 6) is 1.39. The minimum absolute atomic E-state index is 0.253. The molecule has 1 atom stereocenters. The van der Waals surface area contributed by atoms with Crippen molar-refractivity contribution >= 4 is 0 Å². The topological polar surface area (TPSA) is 68.3 Å². The fourth-order valence-electron chi connectivity index (χ4n) is 1.34. The average molecular weight is 206 g/mol. The quantitative estimate of drug-likeness (QED) is 0.812. The van der Waals surface area contributed by atoms with Crippen LogP contribution in [0.2, 0.25) is 0 Å². The molecule has 0 bridgehead atoms. The van der Waals surface area contributed by atoms with Gasteiger partial charge in [-0.3, -0.25) is 0 Å². The lowest BCUT2D eigenvalue weighted by Gasteiger charge is -2.14. The highest BCUT2D eigenvalue weighted by atomic mass is 16.5. The molecule has 15 heavy (non-hydrogen) atoms. The van der Waals surface area contributed by atoms with E-state index in [1.54, 1.807) is 32.4 Å². The third-order valence-corrected chi connectivity index (χ3v) is 2.15. The molecule has 0 saturated heterocycles. The Morgan fingerprint density at radius 2 is 2.13 bits per heavy atom. The third-order valence-electron chi connectivity index (χ3n) is 2.15. The van der Waals surface area contributed by atoms with E-state index in [4.69, 9.17) is 20.5 Å². The Morgan fingerprint density at radius 1 is 1.40 bits per heavy atom. The van der Waals surface area contributed by atoms with E-state index in [1.807, 2.05) is 6.07 Å². The second-order valence-corrected chi connectivity index (χ2v) is 3.08. The van der Waals surface area contributed by atoms with Crippen LogP contribution < -0.4 is 15.2 Å². The molecule has 0 heterocycles. The monoisotopic (exact) mass is 206 g/mol. The van der Waals surface area contributed by atoms with Gasteiger partial charge in [0.05, 0.1) is 26.7 Å². The van der Waals surface area contributed by atoms with Gasteiger partial charge in [-0.05, 0) is 18.2 Å². The Kier molecular flexibility index (Phi) is 3.95. The molecule has 0 aliphatic heterocycles. The van der Waals surface area contributed by atoms with Crippen LogP contribution in [0.5, 0.6) is 11.5 Å². The van der Waals surface area contributed by atoms with E-state index in [-0.39, 0.29) is 12.5 Å². The van der Waals surface area contributed by atoms with E-state index >= 15 is 0 Å². The van der Waals surface area contributed by atoms with E-state index in [2.05, 4.69) is 0 Å². The highest BCUT2D eigenvalue weighted by Crippen LogP contribution is 2.29. The summed E-state index contributed by atoms with van der Waals surface area (Å²) >= 11 is 0. The van der Waals surface area contributed by atoms with E-state index in [1.165, 1.54) is 0 Å². The number of rotatable bonds is 4. The highest BCUT2D eigenvalue weighted by molar-refractivity contribution is 5.42. The van der Waals surface area contributed by atoms with Crippen LogP contribution in [0.1, 0.15) is 18.0 Å². The van der Waals surface area contributed by atoms with Gasteiger partial charge in [-0.25, -0.2) is 0 Å². The highest BCUT2D eigenvalue weighted by Gasteiger charge is 2.12. The first-order valence-corrected chi connectivity index (χ1v) is 4.57. The standard InChI is InChI=1S/C11H14N2O2/c1-14-8-3-4-11(15-2)9(7-8)10(13)5-6-12/h3-4,7,10H,5,13H2,1-2H3/t10-/m0/s1. The third kappa shape index (κ3) is 2.61. The molecule has 0 saturated carbocycles. The van der Waals surface area contributed by atoms with Gasteiger partial charge in [0.15, 0.2) is 0 Å². The lowest BCUT2D eigenvalue weighted by molar-refractivity contribution is 0.395. The Labute approximate surface area is 89.2 Å². The molecule has 0 aromatic heterocycles. The molecule has 0 fully saturated rings. The maximum atomic E-state index is 8.59. The van der Waals surface area contributed by atoms with Crippen molar-refractivity contribution in [2.45, 2.75) is 12.5 Å². The number of hydrogen-bond donors (Lipinski definition) is 1. The van der Waals surface area contributed by atoms with Crippen molar-refractivity contribution in [2.75, 3.05) is 14.2 Å². The van der Waals surface area contributed by atoms with Gasteiger partial charge in [-0.2, -0.15) is 5.26 Å². The maximum Gasteiger partial charge on any atom is 0.123 e. The number of benzene rings is 1. The van der Waals surface area contributed by atoms with Crippen LogP contribution in [0.4, 0.5) is 0 Å². The molecule has 0 aliphatic carbocycles. The minimum atomic E-state index is -0.347. The molecule has 80 valence electrons. The second-order valence-electron chi connectivity index (χ2n) is 3.08. The van der Waals surface area contributed by atoms with Crippen LogP contribution in [0.25, 0.3) is 0 Å². The predicted molar refractivity (Wildman–Crippen MR) is 56.7 cm³/mol. The van der Waals surface area contributed by atoms with Crippen molar-refractivity contribution in [3.8, 4) is 17.6 Å². The molecule has 1 aromatic rings. The van der Waals surface area contributed by atoms with Crippen molar-refractivity contribution in [1.82, 2.24) is 0 Å². The molecule has 0 radical (unpaired) electrons. The van der Waals surface area contributed by atoms with Crippen molar-refractivity contribution in [3.05, 3.63) is 23.8 Å². The first-order valence-electron chi connectivity index (χ1n) is 4.57. The number of hydrogen-bond acceptors (Lipinski definition) is 4. The molecule has 0 amide bonds. The van der Waals surface area contributed by atoms with Crippen molar-refractivity contribution < 1.29 is 9.47 Å². The summed E-state index contributed by atoms with van der Waals surface area (Å²) in [4.78, 5) is 0. The van der Waals surface area contributed by atoms with Gasteiger partial charge in [-0.15, -0.1) is 0 Å². The SMILES string of the molecule is COc1ccc(OC)c([C@@H](N)CC#N)c1. The van der Waals surface area contributed by atoms with Gasteiger partial charge >= 0.3 is 0 Å². The zero-order valence-corrected chi connectivity index (χ0v) is 8.86. The van der Waals surface area contributed by atoms with Crippen molar-refractivity contribution in [1.29, 1.82) is 5.26 Å². The zero-order chi connectivity index (χ0) is 11.3. The summed E-state index contributed by atoms with van der Waals surface area (Å²) in [5.41, 5.74) is 6.64. The molecule has 0 aliphatic rings. The fourth-order valence-corrected chi connectivity index (χ4v) is 1.34. The number of methoxy groups -OCH3 is 2. The minimum Gasteiger partial charge on any atom is -0.497 e. The van der Waals surface area contributed by atoms with Crippen LogP contribution in [-0.4, -0.2) is 14.2 Å². The Morgan fingerprint density at radius 3 is 2.67 bits per heavy atom. The van der Waals surface area contributed by atoms with Gasteiger partial charge in [0.1, 0.15) is 11.5 Å². The average Bonchev–Trinajstić information content (AvgIpc) is 2.28. The normalized spacial score (nSPS) is 11.6. The van der Waals surface area contributed by atoms with Crippen LogP contribution >= 0.6 is 0 Å². The Bertz CT molecular complexity index is 371. The van der Waals surface area contributed by atoms with Gasteiger partial charge in [0.2, 0.25) is 0 Å². The summed E-state index contributed by atoms with van der Waals surface area (Å²) in [6.45, 7) is 0. The van der Waals surface area contributed by atoms with Gasteiger partial charge < -0.3 is 15.2 Å². The van der Waals surface area contributed by atoms with Gasteiger partial charge in [0.25, 0.3) is 0 Å². The van der Waals surface area contributed by atoms with Crippen LogP contribution in [0.15, 0.2) is 18.2 Å². The number of nitriles is 1. The predicted octanol–water partition coefficient (Wildman–Crippen LogP) is 1.62. The lowest BCUT2D eigenvalue weighted by Crippen LogP contribution is -2.10. The fraction of sp³-hybridized carbons (Fsp3) is 0.364. The van der Waals surface area contributed by atoms with Crippen LogP contribution in [-0.2, 0) is 0 Å². The molecule has 2 N–H and O–H groups in total. The Hall–Kier alpha value is -1.73. The van der Waals surface area contributed by atoms with Crippen LogP contribution in [0, 0.1) is 11.3 Å². The molecule has 4 heteroatoms. The van der Waals surface area contributed by atoms with E-state index in [0.29, 0.717) is 11.5 Å². The number of nitrogens with two attached hydrogens (primary N) is 1. The lowest BCUT2D eigenvalue weighted by atomic mass is 10.0. The van der Waals surface area contributed by atoms with Gasteiger partial charge in [-0.1, -0.05) is 0 Å². The van der Waals surface area contributed by atoms with E-state index in [9.17, 15) is 0 Å². The molecule has 1 aromatic carbocycles. The summed E-state index contributed by atoms with van der Waals surface area (Å²) in [5, 5.41) is 8.59. The molecular weight excluding hydrogens is 192 g/mol. The molecule has 0 unspecified atom stereocenters. The van der Waals surface area contributed by atoms with Crippen LogP contribution in [0.3, 0.4) is 0 Å². The van der Waals surface area contributed by atoms with Gasteiger partial charge in [0, 0.05) is 11.6 Å². The van der Waals surface area contributed by atoms with Crippen molar-refractivity contribution in [2.24, 2.45) is 5.73 Å². The number of ether oxygens (including phenoxy) is 2. The first-order chi connectivity index (χ1) is 7.22. The molecule has 1 rings (SSSR count). The maximum absolute atomic E-state index is 8.59. The first kappa shape index (κ1) is 11.3. The molecule has 4 nitrogen and oxygen atoms in total. The summed E-state index contributed by atoms with van der Waals surface area (Å²) in [6.07, 6.45) is 0.253. The largest absolute Gasteiger partial charge is 0.497 e. The zero-order valence-electron chi connectivity index (χ0n) is 8.86. The smallest absolute Gasteiger partial charge is 0.123 e. The summed E-state index contributed by atoms with van der Waals surface area (Å²) < 4.78 is 10.3. The number of nitrogens with zero attached hydrogens (tertiary/aromatic N) is 1. The Balaban J connectivity index is 3.06. The summed E-state index contributed by atoms with van der Waals surface area (Å²) in [6, 6.07) is 7.05. The van der Waals surface area contributed by atoms with E-state index < -0.39 is 0 Å². The summed E-state index contributed by atoms with van der Waals surface area (Å²) in [7, 11) is 3.16. The molecule has 0 spiro atoms. The molecular formula is C11H14N2O2. The second kappa shape index (κ2) is 5.23. The van der Waals surface area contributed by atoms with Crippen molar-refractivity contribution in [3.63, 3.8) is 0 Å². The van der Waals surface area contributed by atoms with E-state index in [0.717, 1.165) is 5.56 Å².